The molecule has 0 radical (unpaired) electrons. The van der Waals surface area contributed by atoms with Crippen LogP contribution in [0.25, 0.3) is 0 Å². The maximum atomic E-state index is 5.21. The smallest absolute Gasteiger partial charge is 0.0682 e. The first-order valence-electron chi connectivity index (χ1n) is 5.65. The van der Waals surface area contributed by atoms with Crippen LogP contribution in [0.5, 0.6) is 0 Å². The highest BCUT2D eigenvalue weighted by Gasteiger charge is 2.06. The van der Waals surface area contributed by atoms with Gasteiger partial charge in [0.15, 0.2) is 0 Å². The molecule has 0 unspecified atom stereocenters. The summed E-state index contributed by atoms with van der Waals surface area (Å²) >= 11 is 0. The van der Waals surface area contributed by atoms with E-state index in [4.69, 9.17) is 9.57 Å². The Hall–Kier alpha value is -0.160. The predicted molar refractivity (Wildman–Crippen MR) is 62.8 cm³/mol. The van der Waals surface area contributed by atoms with Gasteiger partial charge in [0, 0.05) is 19.2 Å². The molecular formula is C11H26N2O2. The molecule has 4 nitrogen and oxygen atoms in total. The van der Waals surface area contributed by atoms with E-state index in [9.17, 15) is 0 Å². The van der Waals surface area contributed by atoms with Crippen LogP contribution in [0, 0.1) is 0 Å². The molecule has 0 bridgehead atoms. The third kappa shape index (κ3) is 13.8. The van der Waals surface area contributed by atoms with Crippen LogP contribution in [0.2, 0.25) is 0 Å². The van der Waals surface area contributed by atoms with Crippen molar-refractivity contribution in [3.8, 4) is 0 Å². The molecule has 0 atom stereocenters. The summed E-state index contributed by atoms with van der Waals surface area (Å²) in [5.74, 6) is 0. The highest BCUT2D eigenvalue weighted by atomic mass is 16.6. The van der Waals surface area contributed by atoms with Crippen LogP contribution < -0.4 is 10.8 Å². The molecule has 0 amide bonds. The van der Waals surface area contributed by atoms with E-state index in [1.165, 1.54) is 0 Å². The van der Waals surface area contributed by atoms with Gasteiger partial charge in [0.05, 0.1) is 13.2 Å². The Morgan fingerprint density at radius 2 is 1.73 bits per heavy atom. The van der Waals surface area contributed by atoms with Gasteiger partial charge in [0.2, 0.25) is 0 Å². The van der Waals surface area contributed by atoms with Crippen molar-refractivity contribution in [2.45, 2.75) is 39.2 Å². The topological polar surface area (TPSA) is 42.5 Å². The van der Waals surface area contributed by atoms with Crippen LogP contribution in [-0.2, 0) is 9.57 Å². The summed E-state index contributed by atoms with van der Waals surface area (Å²) in [4.78, 5) is 5.21. The standard InChI is InChI=1S/C11H26N2O2/c1-11(2,3)12-7-5-6-9-15-13-8-10-14-4/h12-13H,5-10H2,1-4H3. The van der Waals surface area contributed by atoms with Gasteiger partial charge in [-0.1, -0.05) is 0 Å². The van der Waals surface area contributed by atoms with E-state index in [1.807, 2.05) is 0 Å². The number of methoxy groups -OCH3 is 1. The highest BCUT2D eigenvalue weighted by Crippen LogP contribution is 1.98. The minimum Gasteiger partial charge on any atom is -0.383 e. The Labute approximate surface area is 93.7 Å². The molecule has 0 saturated heterocycles. The maximum absolute atomic E-state index is 5.21. The Morgan fingerprint density at radius 1 is 1.00 bits per heavy atom. The first-order valence-corrected chi connectivity index (χ1v) is 5.65. The van der Waals surface area contributed by atoms with Crippen LogP contribution in [0.3, 0.4) is 0 Å². The van der Waals surface area contributed by atoms with Crippen molar-refractivity contribution in [2.75, 3.05) is 33.4 Å². The Balaban J connectivity index is 2.99. The van der Waals surface area contributed by atoms with Gasteiger partial charge in [0.25, 0.3) is 0 Å². The lowest BCUT2D eigenvalue weighted by molar-refractivity contribution is 0.0249. The molecule has 92 valence electrons. The molecular weight excluding hydrogens is 192 g/mol. The van der Waals surface area contributed by atoms with E-state index in [0.717, 1.165) is 32.5 Å². The largest absolute Gasteiger partial charge is 0.383 e. The first kappa shape index (κ1) is 14.8. The van der Waals surface area contributed by atoms with E-state index < -0.39 is 0 Å². The van der Waals surface area contributed by atoms with Gasteiger partial charge in [-0.25, -0.2) is 5.48 Å². The maximum Gasteiger partial charge on any atom is 0.0682 e. The molecule has 0 aliphatic carbocycles. The van der Waals surface area contributed by atoms with Gasteiger partial charge >= 0.3 is 0 Å². The zero-order valence-electron chi connectivity index (χ0n) is 10.6. The molecule has 0 aliphatic rings. The van der Waals surface area contributed by atoms with E-state index in [0.29, 0.717) is 6.61 Å². The fourth-order valence-corrected chi connectivity index (χ4v) is 1.05. The van der Waals surface area contributed by atoms with Crippen LogP contribution in [0.4, 0.5) is 0 Å². The lowest BCUT2D eigenvalue weighted by Crippen LogP contribution is -2.36. The predicted octanol–water partition coefficient (Wildman–Crippen LogP) is 1.32. The minimum absolute atomic E-state index is 0.220. The van der Waals surface area contributed by atoms with Gasteiger partial charge in [-0.3, -0.25) is 0 Å². The Kier molecular flexibility index (Phi) is 9.00. The van der Waals surface area contributed by atoms with Gasteiger partial charge in [0.1, 0.15) is 0 Å². The third-order valence-corrected chi connectivity index (χ3v) is 1.84. The highest BCUT2D eigenvalue weighted by molar-refractivity contribution is 4.69. The summed E-state index contributed by atoms with van der Waals surface area (Å²) in [5, 5.41) is 3.44. The second-order valence-corrected chi connectivity index (χ2v) is 4.62. The van der Waals surface area contributed by atoms with Crippen LogP contribution in [-0.4, -0.2) is 39.0 Å². The zero-order chi connectivity index (χ0) is 11.6. The van der Waals surface area contributed by atoms with Crippen molar-refractivity contribution in [1.29, 1.82) is 0 Å². The average Bonchev–Trinajstić information content (AvgIpc) is 2.14. The summed E-state index contributed by atoms with van der Waals surface area (Å²) in [6.07, 6.45) is 2.21. The number of hydrogen-bond acceptors (Lipinski definition) is 4. The monoisotopic (exact) mass is 218 g/mol. The summed E-state index contributed by atoms with van der Waals surface area (Å²) in [6.45, 7) is 9.77. The van der Waals surface area contributed by atoms with Crippen molar-refractivity contribution in [1.82, 2.24) is 10.8 Å². The summed E-state index contributed by atoms with van der Waals surface area (Å²) in [5.41, 5.74) is 3.07. The van der Waals surface area contributed by atoms with E-state index in [2.05, 4.69) is 31.6 Å². The second-order valence-electron chi connectivity index (χ2n) is 4.62. The normalized spacial score (nSPS) is 12.0. The van der Waals surface area contributed by atoms with Crippen molar-refractivity contribution in [3.05, 3.63) is 0 Å². The van der Waals surface area contributed by atoms with Gasteiger partial charge < -0.3 is 14.9 Å². The van der Waals surface area contributed by atoms with E-state index in [1.54, 1.807) is 7.11 Å². The van der Waals surface area contributed by atoms with Gasteiger partial charge in [-0.05, 0) is 40.2 Å². The molecule has 4 heteroatoms. The fraction of sp³-hybridized carbons (Fsp3) is 1.00. The first-order chi connectivity index (χ1) is 7.06. The number of hydrogen-bond donors (Lipinski definition) is 2. The average molecular weight is 218 g/mol. The van der Waals surface area contributed by atoms with Gasteiger partial charge in [-0.15, -0.1) is 0 Å². The van der Waals surface area contributed by atoms with E-state index >= 15 is 0 Å². The molecule has 0 rings (SSSR count). The fourth-order valence-electron chi connectivity index (χ4n) is 1.05. The molecule has 0 aliphatic heterocycles. The minimum atomic E-state index is 0.220. The van der Waals surface area contributed by atoms with Gasteiger partial charge in [-0.2, -0.15) is 0 Å². The molecule has 0 aromatic heterocycles. The quantitative estimate of drug-likeness (QED) is 0.452. The van der Waals surface area contributed by atoms with Crippen LogP contribution in [0.15, 0.2) is 0 Å². The van der Waals surface area contributed by atoms with Crippen molar-refractivity contribution < 1.29 is 9.57 Å². The number of nitrogens with one attached hydrogen (secondary N) is 2. The molecule has 0 aromatic carbocycles. The molecule has 0 saturated carbocycles. The lowest BCUT2D eigenvalue weighted by Gasteiger charge is -2.20. The number of unbranched alkanes of at least 4 members (excludes halogenated alkanes) is 1. The molecule has 0 spiro atoms. The number of hydroxylamine groups is 1. The van der Waals surface area contributed by atoms with Crippen LogP contribution in [0.1, 0.15) is 33.6 Å². The zero-order valence-corrected chi connectivity index (χ0v) is 10.6. The van der Waals surface area contributed by atoms with Crippen molar-refractivity contribution in [2.24, 2.45) is 0 Å². The van der Waals surface area contributed by atoms with Crippen molar-refractivity contribution in [3.63, 3.8) is 0 Å². The third-order valence-electron chi connectivity index (χ3n) is 1.84. The van der Waals surface area contributed by atoms with Crippen molar-refractivity contribution >= 4 is 0 Å². The Morgan fingerprint density at radius 3 is 2.33 bits per heavy atom. The molecule has 0 heterocycles. The molecule has 0 fully saturated rings. The second kappa shape index (κ2) is 9.09. The molecule has 15 heavy (non-hydrogen) atoms. The summed E-state index contributed by atoms with van der Waals surface area (Å²) < 4.78 is 4.87. The summed E-state index contributed by atoms with van der Waals surface area (Å²) in [6, 6.07) is 0. The van der Waals surface area contributed by atoms with Crippen LogP contribution >= 0.6 is 0 Å². The number of rotatable bonds is 9. The molecule has 0 aromatic rings. The lowest BCUT2D eigenvalue weighted by atomic mass is 10.1. The van der Waals surface area contributed by atoms with E-state index in [-0.39, 0.29) is 5.54 Å². The summed E-state index contributed by atoms with van der Waals surface area (Å²) in [7, 11) is 1.68. The molecule has 2 N–H and O–H groups in total. The Bertz CT molecular complexity index is 135. The SMILES string of the molecule is COCCNOCCCCNC(C)(C)C. The number of ether oxygens (including phenoxy) is 1.